The zero-order chi connectivity index (χ0) is 21.5. The van der Waals surface area contributed by atoms with Crippen LogP contribution in [0.5, 0.6) is 0 Å². The number of fused-ring (bicyclic) bond motifs is 2. The van der Waals surface area contributed by atoms with Crippen LogP contribution in [-0.4, -0.2) is 73.6 Å². The molecular formula is C23H27IN4O3S. The van der Waals surface area contributed by atoms with E-state index in [1.54, 1.807) is 11.3 Å². The molecule has 1 amide bonds. The first kappa shape index (κ1) is 23.2. The van der Waals surface area contributed by atoms with E-state index in [0.29, 0.717) is 26.2 Å². The number of aromatic nitrogens is 1. The summed E-state index contributed by atoms with van der Waals surface area (Å²) in [5.74, 6) is 0. The molecule has 2 saturated heterocycles. The van der Waals surface area contributed by atoms with Crippen LogP contribution < -0.4 is 33.8 Å². The second kappa shape index (κ2) is 9.48. The van der Waals surface area contributed by atoms with Crippen molar-refractivity contribution < 1.29 is 38.6 Å². The van der Waals surface area contributed by atoms with Gasteiger partial charge >= 0.3 is 6.09 Å². The van der Waals surface area contributed by atoms with Crippen LogP contribution in [0.15, 0.2) is 24.3 Å². The number of aryl methyl sites for hydroxylation is 2. The molecule has 9 heteroatoms. The average Bonchev–Trinajstić information content (AvgIpc) is 2.78. The molecule has 3 heterocycles. The highest BCUT2D eigenvalue weighted by Gasteiger charge is 2.24. The van der Waals surface area contributed by atoms with Crippen LogP contribution in [0.4, 0.5) is 16.2 Å². The molecule has 5 rings (SSSR count). The quantitative estimate of drug-likeness (QED) is 0.284. The van der Waals surface area contributed by atoms with Crippen LogP contribution in [0.25, 0.3) is 20.4 Å². The van der Waals surface area contributed by atoms with Gasteiger partial charge in [-0.05, 0) is 37.1 Å². The molecule has 1 N–H and O–H groups in total. The summed E-state index contributed by atoms with van der Waals surface area (Å²) in [6, 6.07) is 8.90. The minimum absolute atomic E-state index is 0. The molecule has 32 heavy (non-hydrogen) atoms. The third-order valence-electron chi connectivity index (χ3n) is 6.24. The van der Waals surface area contributed by atoms with Gasteiger partial charge in [0.15, 0.2) is 0 Å². The molecule has 170 valence electrons. The van der Waals surface area contributed by atoms with E-state index in [9.17, 15) is 9.90 Å². The van der Waals surface area contributed by atoms with Crippen molar-refractivity contribution in [2.45, 2.75) is 13.8 Å². The number of amides is 1. The van der Waals surface area contributed by atoms with Gasteiger partial charge in [0.2, 0.25) is 11.3 Å². The van der Waals surface area contributed by atoms with Crippen LogP contribution >= 0.6 is 11.3 Å². The summed E-state index contributed by atoms with van der Waals surface area (Å²) in [5, 5.41) is 9.21. The Kier molecular flexibility index (Phi) is 6.87. The van der Waals surface area contributed by atoms with Gasteiger partial charge in [0.1, 0.15) is 11.0 Å². The van der Waals surface area contributed by atoms with Crippen molar-refractivity contribution in [1.29, 1.82) is 0 Å². The SMILES string of the molecule is Cc1cc(N2CCOCC2)cc2[s+]c3cc(N4CCN(C(=O)O)CC4)cc(C)c3nc12.[I-]. The smallest absolute Gasteiger partial charge is 0.407 e. The number of anilines is 2. The molecule has 1 aromatic heterocycles. The Bertz CT molecular complexity index is 1160. The van der Waals surface area contributed by atoms with Crippen molar-refractivity contribution in [3.63, 3.8) is 0 Å². The van der Waals surface area contributed by atoms with Gasteiger partial charge in [0.25, 0.3) is 9.40 Å². The molecule has 0 spiro atoms. The van der Waals surface area contributed by atoms with Crippen molar-refractivity contribution in [2.75, 3.05) is 62.3 Å². The summed E-state index contributed by atoms with van der Waals surface area (Å²) in [6.45, 7) is 10.1. The first-order chi connectivity index (χ1) is 15.0. The third-order valence-corrected chi connectivity index (χ3v) is 7.30. The van der Waals surface area contributed by atoms with E-state index in [1.807, 2.05) is 0 Å². The Labute approximate surface area is 208 Å². The van der Waals surface area contributed by atoms with E-state index in [0.717, 1.165) is 48.6 Å². The molecule has 2 aliphatic rings. The Morgan fingerprint density at radius 1 is 0.875 bits per heavy atom. The number of nitrogens with zero attached hydrogens (tertiary/aromatic N) is 4. The summed E-state index contributed by atoms with van der Waals surface area (Å²) in [4.78, 5) is 22.4. The summed E-state index contributed by atoms with van der Waals surface area (Å²) in [5.41, 5.74) is 6.86. The molecule has 0 atom stereocenters. The number of piperazine rings is 1. The molecule has 0 saturated carbocycles. The van der Waals surface area contributed by atoms with Gasteiger partial charge in [0.05, 0.1) is 13.2 Å². The van der Waals surface area contributed by atoms with Gasteiger partial charge in [-0.3, -0.25) is 0 Å². The van der Waals surface area contributed by atoms with Crippen molar-refractivity contribution in [3.8, 4) is 0 Å². The maximum atomic E-state index is 11.2. The van der Waals surface area contributed by atoms with Gasteiger partial charge in [0, 0.05) is 62.8 Å². The lowest BCUT2D eigenvalue weighted by molar-refractivity contribution is -0.0000142. The second-order valence-corrected chi connectivity index (χ2v) is 9.37. The maximum Gasteiger partial charge on any atom is 0.407 e. The summed E-state index contributed by atoms with van der Waals surface area (Å²) in [6.07, 6.45) is -0.835. The van der Waals surface area contributed by atoms with E-state index in [4.69, 9.17) is 9.72 Å². The van der Waals surface area contributed by atoms with Crippen LogP contribution in [0.3, 0.4) is 0 Å². The van der Waals surface area contributed by atoms with Crippen molar-refractivity contribution in [1.82, 2.24) is 9.88 Å². The first-order valence-corrected chi connectivity index (χ1v) is 11.6. The number of hydrogen-bond acceptors (Lipinski definition) is 5. The maximum absolute atomic E-state index is 11.2. The fourth-order valence-corrected chi connectivity index (χ4v) is 5.68. The van der Waals surface area contributed by atoms with E-state index in [1.165, 1.54) is 25.6 Å². The fraction of sp³-hybridized carbons (Fsp3) is 0.435. The Hall–Kier alpha value is -1.98. The zero-order valence-electron chi connectivity index (χ0n) is 18.3. The minimum Gasteiger partial charge on any atom is -1.00 e. The van der Waals surface area contributed by atoms with Crippen molar-refractivity contribution >= 4 is 49.2 Å². The lowest BCUT2D eigenvalue weighted by Gasteiger charge is -2.34. The summed E-state index contributed by atoms with van der Waals surface area (Å²) >= 11 is 1.79. The Balaban J connectivity index is 0.00000245. The average molecular weight is 566 g/mol. The van der Waals surface area contributed by atoms with Gasteiger partial charge in [-0.25, -0.2) is 9.78 Å². The first-order valence-electron chi connectivity index (χ1n) is 10.7. The number of hydrogen-bond donors (Lipinski definition) is 1. The van der Waals surface area contributed by atoms with Crippen molar-refractivity contribution in [3.05, 3.63) is 35.4 Å². The number of halogens is 1. The second-order valence-electron chi connectivity index (χ2n) is 8.29. The number of carboxylic acid groups (broad SMARTS) is 1. The van der Waals surface area contributed by atoms with Gasteiger partial charge in [-0.15, -0.1) is 0 Å². The van der Waals surface area contributed by atoms with Crippen LogP contribution in [0.2, 0.25) is 0 Å². The monoisotopic (exact) mass is 566 g/mol. The molecule has 0 unspecified atom stereocenters. The summed E-state index contributed by atoms with van der Waals surface area (Å²) in [7, 11) is 0. The van der Waals surface area contributed by atoms with Crippen molar-refractivity contribution in [2.24, 2.45) is 0 Å². The van der Waals surface area contributed by atoms with Gasteiger partial charge in [-0.2, -0.15) is 0 Å². The van der Waals surface area contributed by atoms with E-state index < -0.39 is 6.09 Å². The van der Waals surface area contributed by atoms with Gasteiger partial charge < -0.3 is 48.5 Å². The highest BCUT2D eigenvalue weighted by atomic mass is 127. The minimum atomic E-state index is -0.835. The topological polar surface area (TPSA) is 69.1 Å². The molecule has 2 aromatic carbocycles. The Morgan fingerprint density at radius 2 is 1.38 bits per heavy atom. The fourth-order valence-electron chi connectivity index (χ4n) is 4.47. The number of carbonyl (C=O) groups is 1. The highest BCUT2D eigenvalue weighted by Crippen LogP contribution is 2.35. The standard InChI is InChI=1S/C23H26N4O3S.HI/c1-15-11-17(25-3-5-27(6-4-25)23(28)29)13-19-21(15)24-22-16(2)12-18(14-20(22)31-19)26-7-9-30-10-8-26;/h11-14H,3-10H2,1-2H3;1H. The molecule has 0 bridgehead atoms. The zero-order valence-corrected chi connectivity index (χ0v) is 21.3. The van der Waals surface area contributed by atoms with Crippen LogP contribution in [-0.2, 0) is 4.74 Å². The number of benzene rings is 2. The molecule has 0 radical (unpaired) electrons. The lowest BCUT2D eigenvalue weighted by Crippen LogP contribution is -3.00. The normalized spacial score (nSPS) is 17.0. The van der Waals surface area contributed by atoms with Gasteiger partial charge in [-0.1, -0.05) is 0 Å². The number of morpholine rings is 1. The Morgan fingerprint density at radius 3 is 1.88 bits per heavy atom. The highest BCUT2D eigenvalue weighted by molar-refractivity contribution is 7.24. The van der Waals surface area contributed by atoms with E-state index in [2.05, 4.69) is 47.9 Å². The molecule has 2 fully saturated rings. The lowest BCUT2D eigenvalue weighted by atomic mass is 10.1. The molecule has 7 nitrogen and oxygen atoms in total. The van der Waals surface area contributed by atoms with E-state index in [-0.39, 0.29) is 24.0 Å². The predicted octanol–water partition coefficient (Wildman–Crippen LogP) is 0.988. The van der Waals surface area contributed by atoms with Crippen LogP contribution in [0.1, 0.15) is 11.1 Å². The predicted molar refractivity (Wildman–Crippen MR) is 126 cm³/mol. The van der Waals surface area contributed by atoms with Crippen LogP contribution in [0, 0.1) is 13.8 Å². The molecule has 3 aromatic rings. The molecule has 0 aliphatic carbocycles. The summed E-state index contributed by atoms with van der Waals surface area (Å²) < 4.78 is 7.87. The number of rotatable bonds is 2. The van der Waals surface area contributed by atoms with E-state index >= 15 is 0 Å². The molecular weight excluding hydrogens is 539 g/mol. The number of ether oxygens (including phenoxy) is 1. The molecule has 2 aliphatic heterocycles. The third kappa shape index (κ3) is 4.42. The largest absolute Gasteiger partial charge is 1.00 e.